The summed E-state index contributed by atoms with van der Waals surface area (Å²) in [4.78, 5) is 12.3. The molecule has 0 radical (unpaired) electrons. The molecule has 2 rings (SSSR count). The number of para-hydroxylation sites is 1. The number of ether oxygens (including phenoxy) is 1. The van der Waals surface area contributed by atoms with Crippen LogP contribution in [0.5, 0.6) is 5.75 Å². The van der Waals surface area contributed by atoms with Crippen LogP contribution in [-0.4, -0.2) is 13.0 Å². The molecule has 0 aliphatic carbocycles. The fourth-order valence-electron chi connectivity index (χ4n) is 2.44. The Balaban J connectivity index is 2.48. The second-order valence-electron chi connectivity index (χ2n) is 5.51. The Morgan fingerprint density at radius 3 is 2.16 bits per heavy atom. The molecule has 1 amide bonds. The molecule has 0 unspecified atom stereocenters. The second kappa shape index (κ2) is 7.55. The van der Waals surface area contributed by atoms with E-state index in [4.69, 9.17) is 0 Å². The van der Waals surface area contributed by atoms with E-state index in [1.165, 1.54) is 0 Å². The van der Waals surface area contributed by atoms with E-state index in [2.05, 4.69) is 10.1 Å². The number of methoxy groups -OCH3 is 1. The Morgan fingerprint density at radius 1 is 1.08 bits per heavy atom. The summed E-state index contributed by atoms with van der Waals surface area (Å²) in [5.41, 5.74) is -0.277. The first-order chi connectivity index (χ1) is 11.8. The lowest BCUT2D eigenvalue weighted by molar-refractivity contribution is 0.101. The predicted molar refractivity (Wildman–Crippen MR) is 85.9 cm³/mol. The van der Waals surface area contributed by atoms with Gasteiger partial charge in [-0.2, -0.15) is 8.78 Å². The minimum Gasteiger partial charge on any atom is -0.491 e. The van der Waals surface area contributed by atoms with Crippen LogP contribution in [0.4, 0.5) is 23.2 Å². The Kier molecular flexibility index (Phi) is 5.66. The Morgan fingerprint density at radius 2 is 1.64 bits per heavy atom. The number of carbonyl (C=O) groups is 1. The third-order valence-electron chi connectivity index (χ3n) is 4.01. The van der Waals surface area contributed by atoms with Gasteiger partial charge in [-0.1, -0.05) is 32.0 Å². The number of nitrogens with one attached hydrogen (secondary N) is 1. The smallest absolute Gasteiger partial charge is 0.261 e. The summed E-state index contributed by atoms with van der Waals surface area (Å²) in [7, 11) is 0.864. The third-order valence-corrected chi connectivity index (χ3v) is 4.01. The zero-order valence-corrected chi connectivity index (χ0v) is 13.9. The van der Waals surface area contributed by atoms with Crippen LogP contribution in [0.1, 0.15) is 42.1 Å². The highest BCUT2D eigenvalue weighted by Gasteiger charge is 2.30. The van der Waals surface area contributed by atoms with Gasteiger partial charge in [-0.15, -0.1) is 0 Å². The molecule has 0 saturated heterocycles. The summed E-state index contributed by atoms with van der Waals surface area (Å²) >= 11 is 0. The number of carbonyl (C=O) groups excluding carboxylic acids is 1. The average Bonchev–Trinajstić information content (AvgIpc) is 2.60. The largest absolute Gasteiger partial charge is 0.491 e. The molecule has 134 valence electrons. The van der Waals surface area contributed by atoms with E-state index in [9.17, 15) is 22.4 Å². The number of rotatable bonds is 5. The zero-order chi connectivity index (χ0) is 18.7. The van der Waals surface area contributed by atoms with Crippen LogP contribution < -0.4 is 10.1 Å². The van der Waals surface area contributed by atoms with Gasteiger partial charge in [-0.25, -0.2) is 8.78 Å². The molecule has 1 atom stereocenters. The van der Waals surface area contributed by atoms with E-state index in [-0.39, 0.29) is 5.92 Å². The van der Waals surface area contributed by atoms with Crippen LogP contribution in [0, 0.1) is 23.3 Å². The summed E-state index contributed by atoms with van der Waals surface area (Å²) in [5, 5.41) is 2.32. The summed E-state index contributed by atoms with van der Waals surface area (Å²) < 4.78 is 59.9. The molecule has 0 bridgehead atoms. The van der Waals surface area contributed by atoms with Crippen molar-refractivity contribution in [2.45, 2.75) is 26.2 Å². The van der Waals surface area contributed by atoms with E-state index in [0.29, 0.717) is 5.69 Å². The molecule has 0 aromatic heterocycles. The van der Waals surface area contributed by atoms with E-state index >= 15 is 0 Å². The van der Waals surface area contributed by atoms with Gasteiger partial charge in [0.1, 0.15) is 5.56 Å². The van der Waals surface area contributed by atoms with Crippen molar-refractivity contribution in [3.63, 3.8) is 0 Å². The van der Waals surface area contributed by atoms with Gasteiger partial charge in [0.25, 0.3) is 5.91 Å². The maximum atomic E-state index is 14.0. The van der Waals surface area contributed by atoms with Crippen molar-refractivity contribution in [2.24, 2.45) is 0 Å². The maximum absolute atomic E-state index is 14.0. The summed E-state index contributed by atoms with van der Waals surface area (Å²) in [5.74, 6) is -9.58. The molecular formula is C18H17F4NO2. The summed E-state index contributed by atoms with van der Waals surface area (Å²) in [6.45, 7) is 3.86. The Labute approximate surface area is 142 Å². The molecule has 2 aromatic carbocycles. The minimum atomic E-state index is -1.81. The molecule has 0 heterocycles. The average molecular weight is 355 g/mol. The predicted octanol–water partition coefficient (Wildman–Crippen LogP) is 5.02. The first-order valence-corrected chi connectivity index (χ1v) is 7.63. The fraction of sp³-hybridized carbons (Fsp3) is 0.278. The maximum Gasteiger partial charge on any atom is 0.261 e. The van der Waals surface area contributed by atoms with Crippen molar-refractivity contribution in [1.82, 2.24) is 0 Å². The summed E-state index contributed by atoms with van der Waals surface area (Å²) in [6.07, 6.45) is 0.765. The van der Waals surface area contributed by atoms with Gasteiger partial charge >= 0.3 is 0 Å². The first kappa shape index (κ1) is 18.8. The highest BCUT2D eigenvalue weighted by molar-refractivity contribution is 6.05. The van der Waals surface area contributed by atoms with Crippen molar-refractivity contribution in [2.75, 3.05) is 12.4 Å². The third kappa shape index (κ3) is 3.45. The lowest BCUT2D eigenvalue weighted by Crippen LogP contribution is -2.19. The number of hydrogen-bond donors (Lipinski definition) is 1. The Bertz CT molecular complexity index is 779. The summed E-state index contributed by atoms with van der Waals surface area (Å²) in [6, 6.07) is 6.69. The van der Waals surface area contributed by atoms with Crippen LogP contribution in [0.2, 0.25) is 0 Å². The zero-order valence-electron chi connectivity index (χ0n) is 13.9. The lowest BCUT2D eigenvalue weighted by Gasteiger charge is -2.16. The molecule has 0 aliphatic heterocycles. The number of amides is 1. The van der Waals surface area contributed by atoms with Gasteiger partial charge in [0, 0.05) is 5.69 Å². The van der Waals surface area contributed by atoms with E-state index in [1.54, 1.807) is 24.3 Å². The minimum absolute atomic E-state index is 0.0653. The van der Waals surface area contributed by atoms with Crippen LogP contribution in [0.3, 0.4) is 0 Å². The quantitative estimate of drug-likeness (QED) is 0.604. The highest BCUT2D eigenvalue weighted by Crippen LogP contribution is 2.31. The van der Waals surface area contributed by atoms with Gasteiger partial charge in [0.05, 0.1) is 7.11 Å². The molecule has 0 aliphatic rings. The lowest BCUT2D eigenvalue weighted by atomic mass is 9.96. The SMILES string of the molecule is CC[C@@H](C)c1ccccc1NC(=O)c1c(F)c(F)c(OC)c(F)c1F. The number of hydrogen-bond acceptors (Lipinski definition) is 2. The van der Waals surface area contributed by atoms with Gasteiger partial charge in [0.15, 0.2) is 17.4 Å². The van der Waals surface area contributed by atoms with Crippen molar-refractivity contribution >= 4 is 11.6 Å². The molecule has 0 fully saturated rings. The molecular weight excluding hydrogens is 338 g/mol. The van der Waals surface area contributed by atoms with Crippen molar-refractivity contribution in [3.05, 3.63) is 58.7 Å². The van der Waals surface area contributed by atoms with Gasteiger partial charge in [-0.05, 0) is 24.0 Å². The van der Waals surface area contributed by atoms with Crippen molar-refractivity contribution < 1.29 is 27.1 Å². The van der Waals surface area contributed by atoms with Crippen LogP contribution in [0.15, 0.2) is 24.3 Å². The van der Waals surface area contributed by atoms with E-state index in [1.807, 2.05) is 13.8 Å². The second-order valence-corrected chi connectivity index (χ2v) is 5.51. The molecule has 1 N–H and O–H groups in total. The van der Waals surface area contributed by atoms with Crippen molar-refractivity contribution in [3.8, 4) is 5.75 Å². The number of anilines is 1. The molecule has 7 heteroatoms. The molecule has 3 nitrogen and oxygen atoms in total. The van der Waals surface area contributed by atoms with Crippen LogP contribution in [0.25, 0.3) is 0 Å². The van der Waals surface area contributed by atoms with E-state index in [0.717, 1.165) is 19.1 Å². The molecule has 0 saturated carbocycles. The Hall–Kier alpha value is -2.57. The van der Waals surface area contributed by atoms with Gasteiger partial charge in [0.2, 0.25) is 11.6 Å². The molecule has 0 spiro atoms. The first-order valence-electron chi connectivity index (χ1n) is 7.63. The topological polar surface area (TPSA) is 38.3 Å². The normalized spacial score (nSPS) is 12.0. The van der Waals surface area contributed by atoms with Gasteiger partial charge in [-0.3, -0.25) is 4.79 Å². The highest BCUT2D eigenvalue weighted by atomic mass is 19.2. The molecule has 25 heavy (non-hydrogen) atoms. The fourth-order valence-corrected chi connectivity index (χ4v) is 2.44. The van der Waals surface area contributed by atoms with Gasteiger partial charge < -0.3 is 10.1 Å². The van der Waals surface area contributed by atoms with Crippen molar-refractivity contribution in [1.29, 1.82) is 0 Å². The number of benzene rings is 2. The monoisotopic (exact) mass is 355 g/mol. The van der Waals surface area contributed by atoms with E-state index < -0.39 is 40.5 Å². The molecule has 2 aromatic rings. The van der Waals surface area contributed by atoms with Crippen LogP contribution >= 0.6 is 0 Å². The standard InChI is InChI=1S/C18H17F4NO2/c1-4-9(2)10-7-5-6-8-11(10)23-18(24)12-13(19)15(21)17(25-3)16(22)14(12)20/h5-9H,4H2,1-3H3,(H,23,24)/t9-/m1/s1. The van der Waals surface area contributed by atoms with Crippen LogP contribution in [-0.2, 0) is 0 Å². The number of halogens is 4.